The van der Waals surface area contributed by atoms with Gasteiger partial charge in [0.15, 0.2) is 0 Å². The number of carbonyl (C=O) groups excluding carboxylic acids is 4. The van der Waals surface area contributed by atoms with Crippen molar-refractivity contribution in [3.05, 3.63) is 108 Å². The largest absolute Gasteiger partial charge is 0.459 e. The van der Waals surface area contributed by atoms with Crippen LogP contribution in [0.3, 0.4) is 0 Å². The third kappa shape index (κ3) is 13.1. The number of amides is 3. The lowest BCUT2D eigenvalue weighted by Crippen LogP contribution is -2.56. The van der Waals surface area contributed by atoms with E-state index in [4.69, 9.17) is 9.47 Å². The van der Waals surface area contributed by atoms with E-state index in [1.54, 1.807) is 20.8 Å². The van der Waals surface area contributed by atoms with Crippen molar-refractivity contribution in [3.8, 4) is 0 Å². The molecule has 0 spiro atoms. The Morgan fingerprint density at radius 3 is 1.70 bits per heavy atom. The highest BCUT2D eigenvalue weighted by Crippen LogP contribution is 2.13. The van der Waals surface area contributed by atoms with Gasteiger partial charge in [-0.3, -0.25) is 9.59 Å². The Kier molecular flexibility index (Phi) is 13.8. The van der Waals surface area contributed by atoms with E-state index in [0.29, 0.717) is 12.8 Å². The molecule has 9 nitrogen and oxygen atoms in total. The number of ether oxygens (including phenoxy) is 2. The lowest BCUT2D eigenvalue weighted by Gasteiger charge is -2.27. The van der Waals surface area contributed by atoms with Gasteiger partial charge in [0.1, 0.15) is 30.3 Å². The third-order valence-electron chi connectivity index (χ3n) is 7.02. The Hall–Kier alpha value is -4.66. The van der Waals surface area contributed by atoms with E-state index in [2.05, 4.69) is 16.0 Å². The van der Waals surface area contributed by atoms with Crippen LogP contribution in [0.25, 0.3) is 0 Å². The minimum absolute atomic E-state index is 0.0373. The third-order valence-corrected chi connectivity index (χ3v) is 7.02. The van der Waals surface area contributed by atoms with E-state index < -0.39 is 47.6 Å². The zero-order valence-corrected chi connectivity index (χ0v) is 27.5. The van der Waals surface area contributed by atoms with Crippen LogP contribution in [0.1, 0.15) is 64.2 Å². The van der Waals surface area contributed by atoms with E-state index in [-0.39, 0.29) is 25.4 Å². The van der Waals surface area contributed by atoms with E-state index in [1.807, 2.05) is 105 Å². The van der Waals surface area contributed by atoms with Gasteiger partial charge in [0.25, 0.3) is 0 Å². The first-order chi connectivity index (χ1) is 21.9. The molecule has 0 radical (unpaired) electrons. The van der Waals surface area contributed by atoms with E-state index >= 15 is 0 Å². The Bertz CT molecular complexity index is 1390. The molecule has 0 aliphatic carbocycles. The predicted molar refractivity (Wildman–Crippen MR) is 178 cm³/mol. The molecule has 3 amide bonds. The van der Waals surface area contributed by atoms with Crippen LogP contribution in [0.15, 0.2) is 91.0 Å². The number of rotatable bonds is 15. The average molecular weight is 630 g/mol. The molecule has 0 aliphatic rings. The summed E-state index contributed by atoms with van der Waals surface area (Å²) >= 11 is 0. The van der Waals surface area contributed by atoms with Crippen LogP contribution in [0.4, 0.5) is 4.79 Å². The summed E-state index contributed by atoms with van der Waals surface area (Å²) in [5.41, 5.74) is 1.91. The number of esters is 1. The summed E-state index contributed by atoms with van der Waals surface area (Å²) in [6, 6.07) is 25.3. The molecule has 9 heteroatoms. The highest BCUT2D eigenvalue weighted by Gasteiger charge is 2.31. The zero-order chi connectivity index (χ0) is 33.5. The van der Waals surface area contributed by atoms with Gasteiger partial charge in [-0.05, 0) is 62.6 Å². The van der Waals surface area contributed by atoms with Crippen molar-refractivity contribution in [3.63, 3.8) is 0 Å². The first kappa shape index (κ1) is 35.8. The quantitative estimate of drug-likeness (QED) is 0.191. The predicted octanol–water partition coefficient (Wildman–Crippen LogP) is 5.51. The molecular weight excluding hydrogens is 582 g/mol. The molecule has 0 heterocycles. The number of alkyl carbamates (subject to hydrolysis) is 1. The van der Waals surface area contributed by atoms with Gasteiger partial charge in [-0.2, -0.15) is 0 Å². The maximum atomic E-state index is 13.8. The average Bonchev–Trinajstić information content (AvgIpc) is 3.01. The number of carbonyl (C=O) groups is 4. The Balaban J connectivity index is 1.77. The summed E-state index contributed by atoms with van der Waals surface area (Å²) in [5.74, 6) is -1.58. The lowest BCUT2D eigenvalue weighted by molar-refractivity contribution is -0.149. The maximum absolute atomic E-state index is 13.8. The van der Waals surface area contributed by atoms with Gasteiger partial charge in [-0.15, -0.1) is 0 Å². The molecule has 3 N–H and O–H groups in total. The number of benzene rings is 3. The van der Waals surface area contributed by atoms with Gasteiger partial charge < -0.3 is 25.4 Å². The first-order valence-corrected chi connectivity index (χ1v) is 15.8. The Morgan fingerprint density at radius 2 is 1.15 bits per heavy atom. The van der Waals surface area contributed by atoms with Crippen molar-refractivity contribution in [2.75, 3.05) is 0 Å². The van der Waals surface area contributed by atoms with Crippen molar-refractivity contribution < 1.29 is 28.7 Å². The van der Waals surface area contributed by atoms with Crippen LogP contribution in [0.2, 0.25) is 0 Å². The fourth-order valence-electron chi connectivity index (χ4n) is 4.79. The van der Waals surface area contributed by atoms with Gasteiger partial charge in [-0.25, -0.2) is 9.59 Å². The summed E-state index contributed by atoms with van der Waals surface area (Å²) < 4.78 is 11.0. The number of nitrogens with one attached hydrogen (secondary N) is 3. The highest BCUT2D eigenvalue weighted by molar-refractivity contribution is 5.93. The second-order valence-electron chi connectivity index (χ2n) is 12.8. The van der Waals surface area contributed by atoms with Gasteiger partial charge in [0.2, 0.25) is 11.8 Å². The second kappa shape index (κ2) is 17.7. The smallest absolute Gasteiger partial charge is 0.408 e. The Labute approximate surface area is 272 Å². The number of hydrogen-bond donors (Lipinski definition) is 3. The summed E-state index contributed by atoms with van der Waals surface area (Å²) in [6.45, 7) is 9.16. The molecule has 0 saturated carbocycles. The molecule has 0 saturated heterocycles. The fourth-order valence-corrected chi connectivity index (χ4v) is 4.79. The lowest BCUT2D eigenvalue weighted by atomic mass is 10.00. The molecule has 0 bridgehead atoms. The Morgan fingerprint density at radius 1 is 0.652 bits per heavy atom. The minimum Gasteiger partial charge on any atom is -0.459 e. The number of aryl methyl sites for hydroxylation is 1. The second-order valence-corrected chi connectivity index (χ2v) is 12.8. The SMILES string of the molecule is CC(C)C[C@H](NC(=O)[C@@H](CCc1ccccc1)NC(=O)OC(C)(C)C)C(=O)N[C@H](Cc1ccccc1)C(=O)OCc1ccccc1. The summed E-state index contributed by atoms with van der Waals surface area (Å²) in [5, 5.41) is 8.37. The number of hydrogen-bond acceptors (Lipinski definition) is 6. The molecule has 0 aliphatic heterocycles. The highest BCUT2D eigenvalue weighted by atomic mass is 16.6. The summed E-state index contributed by atoms with van der Waals surface area (Å²) in [7, 11) is 0. The van der Waals surface area contributed by atoms with Gasteiger partial charge in [0, 0.05) is 6.42 Å². The minimum atomic E-state index is -0.987. The topological polar surface area (TPSA) is 123 Å². The van der Waals surface area contributed by atoms with Crippen molar-refractivity contribution >= 4 is 23.9 Å². The standard InChI is InChI=1S/C37H47N3O6/c1-26(2)23-31(38-33(41)30(40-36(44)46-37(3,4)5)22-21-27-15-9-6-10-16-27)34(42)39-32(24-28-17-11-7-12-18-28)35(43)45-25-29-19-13-8-14-20-29/h6-20,26,30-32H,21-25H2,1-5H3,(H,38,41)(H,39,42)(H,40,44)/t30-,31+,32-/m1/s1. The molecule has 0 unspecified atom stereocenters. The van der Waals surface area contributed by atoms with Gasteiger partial charge in [0.05, 0.1) is 0 Å². The van der Waals surface area contributed by atoms with Crippen LogP contribution in [-0.2, 0) is 43.3 Å². The fraction of sp³-hybridized carbons (Fsp3) is 0.405. The molecule has 246 valence electrons. The zero-order valence-electron chi connectivity index (χ0n) is 27.5. The van der Waals surface area contributed by atoms with E-state index in [0.717, 1.165) is 16.7 Å². The normalized spacial score (nSPS) is 13.2. The summed E-state index contributed by atoms with van der Waals surface area (Å²) in [4.78, 5) is 53.4. The van der Waals surface area contributed by atoms with Crippen molar-refractivity contribution in [1.82, 2.24) is 16.0 Å². The summed E-state index contributed by atoms with van der Waals surface area (Å²) in [6.07, 6.45) is 0.597. The molecule has 46 heavy (non-hydrogen) atoms. The van der Waals surface area contributed by atoms with E-state index in [9.17, 15) is 19.2 Å². The van der Waals surface area contributed by atoms with Crippen LogP contribution in [0, 0.1) is 5.92 Å². The molecule has 3 atom stereocenters. The van der Waals surface area contributed by atoms with E-state index in [1.165, 1.54) is 0 Å². The molecule has 0 fully saturated rings. The van der Waals surface area contributed by atoms with Crippen molar-refractivity contribution in [2.24, 2.45) is 5.92 Å². The van der Waals surface area contributed by atoms with Gasteiger partial charge in [-0.1, -0.05) is 105 Å². The van der Waals surface area contributed by atoms with Gasteiger partial charge >= 0.3 is 12.1 Å². The van der Waals surface area contributed by atoms with Crippen LogP contribution < -0.4 is 16.0 Å². The molecule has 3 rings (SSSR count). The van der Waals surface area contributed by atoms with Crippen LogP contribution in [-0.4, -0.2) is 47.6 Å². The first-order valence-electron chi connectivity index (χ1n) is 15.8. The van der Waals surface area contributed by atoms with Crippen LogP contribution >= 0.6 is 0 Å². The van der Waals surface area contributed by atoms with Crippen molar-refractivity contribution in [1.29, 1.82) is 0 Å². The molecule has 3 aromatic carbocycles. The molecular formula is C37H47N3O6. The molecule has 0 aromatic heterocycles. The monoisotopic (exact) mass is 629 g/mol. The molecule has 3 aromatic rings. The maximum Gasteiger partial charge on any atom is 0.408 e. The van der Waals surface area contributed by atoms with Crippen molar-refractivity contribution in [2.45, 2.75) is 90.6 Å². The van der Waals surface area contributed by atoms with Crippen LogP contribution in [0.5, 0.6) is 0 Å².